The summed E-state index contributed by atoms with van der Waals surface area (Å²) in [6.07, 6.45) is 0.331. The van der Waals surface area contributed by atoms with Crippen molar-refractivity contribution in [1.29, 1.82) is 0 Å². The van der Waals surface area contributed by atoms with Gasteiger partial charge in [0, 0.05) is 31.7 Å². The Bertz CT molecular complexity index is 802. The van der Waals surface area contributed by atoms with Crippen LogP contribution in [0.15, 0.2) is 24.3 Å². The van der Waals surface area contributed by atoms with Crippen LogP contribution >= 0.6 is 0 Å². The van der Waals surface area contributed by atoms with Gasteiger partial charge in [-0.3, -0.25) is 4.79 Å². The molecule has 0 N–H and O–H groups in total. The first kappa shape index (κ1) is 18.1. The van der Waals surface area contributed by atoms with Crippen molar-refractivity contribution in [1.82, 2.24) is 9.88 Å². The van der Waals surface area contributed by atoms with Crippen molar-refractivity contribution in [2.75, 3.05) is 31.1 Å². The van der Waals surface area contributed by atoms with Gasteiger partial charge in [-0.1, -0.05) is 0 Å². The number of anilines is 1. The summed E-state index contributed by atoms with van der Waals surface area (Å²) in [6, 6.07) is 5.00. The molecule has 1 amide bonds. The van der Waals surface area contributed by atoms with E-state index in [1.165, 1.54) is 17.0 Å². The third-order valence-corrected chi connectivity index (χ3v) is 4.16. The molecule has 1 fully saturated rings. The molecule has 2 heterocycles. The van der Waals surface area contributed by atoms with E-state index in [0.29, 0.717) is 6.42 Å². The zero-order chi connectivity index (χ0) is 18.8. The Kier molecular flexibility index (Phi) is 5.06. The number of carbonyl (C=O) groups excluding carboxylic acids is 1. The first-order chi connectivity index (χ1) is 12.4. The van der Waals surface area contributed by atoms with Crippen molar-refractivity contribution in [3.63, 3.8) is 0 Å². The summed E-state index contributed by atoms with van der Waals surface area (Å²) >= 11 is 0. The molecule has 1 aromatic heterocycles. The molecule has 1 aliphatic heterocycles. The summed E-state index contributed by atoms with van der Waals surface area (Å²) in [5, 5.41) is 0. The van der Waals surface area contributed by atoms with E-state index in [2.05, 4.69) is 4.98 Å². The van der Waals surface area contributed by atoms with Crippen LogP contribution in [-0.4, -0.2) is 42.0 Å². The lowest BCUT2D eigenvalue weighted by Crippen LogP contribution is -2.35. The van der Waals surface area contributed by atoms with Crippen LogP contribution in [0.5, 0.6) is 0 Å². The van der Waals surface area contributed by atoms with Crippen LogP contribution in [0, 0.1) is 29.3 Å². The molecular weight excluding hydrogens is 357 g/mol. The third-order valence-electron chi connectivity index (χ3n) is 4.16. The monoisotopic (exact) mass is 371 g/mol. The normalized spacial score (nSPS) is 15.1. The molecule has 0 atom stereocenters. The molecule has 1 aliphatic rings. The Labute approximate surface area is 145 Å². The van der Waals surface area contributed by atoms with Crippen LogP contribution in [0.1, 0.15) is 16.8 Å². The molecule has 0 spiro atoms. The van der Waals surface area contributed by atoms with Gasteiger partial charge in [0.2, 0.25) is 11.6 Å². The smallest absolute Gasteiger partial charge is 0.253 e. The highest BCUT2D eigenvalue weighted by Crippen LogP contribution is 2.27. The Balaban J connectivity index is 1.79. The summed E-state index contributed by atoms with van der Waals surface area (Å²) < 4.78 is 67.4. The van der Waals surface area contributed by atoms with Gasteiger partial charge in [0.1, 0.15) is 11.5 Å². The van der Waals surface area contributed by atoms with E-state index >= 15 is 0 Å². The van der Waals surface area contributed by atoms with Crippen LogP contribution < -0.4 is 4.90 Å². The molecule has 3 rings (SSSR count). The highest BCUT2D eigenvalue weighted by atomic mass is 19.2. The number of carbonyl (C=O) groups is 1. The number of halogens is 5. The summed E-state index contributed by atoms with van der Waals surface area (Å²) in [5.41, 5.74) is -0.552. The van der Waals surface area contributed by atoms with Gasteiger partial charge in [0.15, 0.2) is 0 Å². The number of amides is 1. The average molecular weight is 371 g/mol. The Hall–Kier alpha value is -2.71. The number of hydrogen-bond acceptors (Lipinski definition) is 3. The zero-order valence-corrected chi connectivity index (χ0v) is 13.5. The molecule has 0 unspecified atom stereocenters. The van der Waals surface area contributed by atoms with E-state index < -0.39 is 35.0 Å². The minimum atomic E-state index is -1.72. The molecule has 0 bridgehead atoms. The number of benzene rings is 1. The van der Waals surface area contributed by atoms with Crippen molar-refractivity contribution in [2.24, 2.45) is 0 Å². The Morgan fingerprint density at radius 3 is 2.08 bits per heavy atom. The fourth-order valence-electron chi connectivity index (χ4n) is 2.87. The van der Waals surface area contributed by atoms with Crippen molar-refractivity contribution < 1.29 is 26.7 Å². The molecule has 26 heavy (non-hydrogen) atoms. The summed E-state index contributed by atoms with van der Waals surface area (Å²) in [7, 11) is 0. The van der Waals surface area contributed by atoms with Gasteiger partial charge in [-0.05, 0) is 30.7 Å². The quantitative estimate of drug-likeness (QED) is 0.601. The minimum Gasteiger partial charge on any atom is -0.365 e. The predicted octanol–water partition coefficient (Wildman–Crippen LogP) is 3.13. The van der Waals surface area contributed by atoms with E-state index in [0.717, 1.165) is 17.0 Å². The molecule has 1 aromatic carbocycles. The molecule has 1 saturated heterocycles. The van der Waals surface area contributed by atoms with Crippen molar-refractivity contribution in [2.45, 2.75) is 6.42 Å². The van der Waals surface area contributed by atoms with Gasteiger partial charge in [-0.15, -0.1) is 0 Å². The fraction of sp³-hybridized carbons (Fsp3) is 0.294. The number of hydrogen-bond donors (Lipinski definition) is 0. The maximum absolute atomic E-state index is 13.9. The van der Waals surface area contributed by atoms with Crippen LogP contribution in [0.2, 0.25) is 0 Å². The van der Waals surface area contributed by atoms with Gasteiger partial charge in [0.25, 0.3) is 17.8 Å². The fourth-order valence-corrected chi connectivity index (χ4v) is 2.87. The third kappa shape index (κ3) is 3.47. The molecule has 0 saturated carbocycles. The van der Waals surface area contributed by atoms with E-state index in [1.54, 1.807) is 0 Å². The Morgan fingerprint density at radius 2 is 1.46 bits per heavy atom. The first-order valence-electron chi connectivity index (χ1n) is 7.88. The molecule has 9 heteroatoms. The summed E-state index contributed by atoms with van der Waals surface area (Å²) in [5.74, 6) is -7.41. The van der Waals surface area contributed by atoms with Crippen molar-refractivity contribution in [3.05, 3.63) is 59.2 Å². The minimum absolute atomic E-state index is 0.0241. The lowest BCUT2D eigenvalue weighted by molar-refractivity contribution is 0.0767. The van der Waals surface area contributed by atoms with Gasteiger partial charge in [-0.2, -0.15) is 22.5 Å². The van der Waals surface area contributed by atoms with Crippen LogP contribution in [0.3, 0.4) is 0 Å². The van der Waals surface area contributed by atoms with Crippen LogP contribution in [0.4, 0.5) is 27.6 Å². The predicted molar refractivity (Wildman–Crippen MR) is 83.2 cm³/mol. The summed E-state index contributed by atoms with van der Waals surface area (Å²) in [6.45, 7) is 0.445. The molecule has 2 aromatic rings. The molecule has 0 aliphatic carbocycles. The number of pyridine rings is 1. The lowest BCUT2D eigenvalue weighted by Gasteiger charge is -2.24. The SMILES string of the molecule is O=C(c1ccc(F)cc1)N1CCCN(c2c(F)c(F)nc(F)c2F)CC1. The van der Waals surface area contributed by atoms with Gasteiger partial charge in [0.05, 0.1) is 0 Å². The van der Waals surface area contributed by atoms with Crippen LogP contribution in [0.25, 0.3) is 0 Å². The number of rotatable bonds is 2. The highest BCUT2D eigenvalue weighted by Gasteiger charge is 2.28. The molecular formula is C17H14F5N3O. The standard InChI is InChI=1S/C17H14F5N3O/c18-11-4-2-10(3-5-11)17(26)25-7-1-6-24(8-9-25)14-12(19)15(21)23-16(22)13(14)20/h2-5H,1,6-9H2. The van der Waals surface area contributed by atoms with Gasteiger partial charge in [-0.25, -0.2) is 4.39 Å². The number of nitrogens with zero attached hydrogens (tertiary/aromatic N) is 3. The van der Waals surface area contributed by atoms with Crippen LogP contribution in [-0.2, 0) is 0 Å². The number of aromatic nitrogens is 1. The maximum Gasteiger partial charge on any atom is 0.253 e. The first-order valence-corrected chi connectivity index (χ1v) is 7.88. The van der Waals surface area contributed by atoms with E-state index in [-0.39, 0.29) is 37.6 Å². The maximum atomic E-state index is 13.9. The second kappa shape index (κ2) is 7.27. The van der Waals surface area contributed by atoms with E-state index in [4.69, 9.17) is 0 Å². The molecule has 0 radical (unpaired) electrons. The molecule has 4 nitrogen and oxygen atoms in total. The van der Waals surface area contributed by atoms with E-state index in [1.807, 2.05) is 0 Å². The summed E-state index contributed by atoms with van der Waals surface area (Å²) in [4.78, 5) is 17.6. The largest absolute Gasteiger partial charge is 0.365 e. The lowest BCUT2D eigenvalue weighted by atomic mass is 10.2. The van der Waals surface area contributed by atoms with E-state index in [9.17, 15) is 26.7 Å². The zero-order valence-electron chi connectivity index (χ0n) is 13.5. The second-order valence-corrected chi connectivity index (χ2v) is 5.81. The topological polar surface area (TPSA) is 36.4 Å². The highest BCUT2D eigenvalue weighted by molar-refractivity contribution is 5.94. The van der Waals surface area contributed by atoms with Gasteiger partial charge >= 0.3 is 0 Å². The Morgan fingerprint density at radius 1 is 0.846 bits per heavy atom. The van der Waals surface area contributed by atoms with Gasteiger partial charge < -0.3 is 9.80 Å². The van der Waals surface area contributed by atoms with Crippen molar-refractivity contribution >= 4 is 11.6 Å². The average Bonchev–Trinajstić information content (AvgIpc) is 2.86. The molecule has 138 valence electrons. The second-order valence-electron chi connectivity index (χ2n) is 5.81. The van der Waals surface area contributed by atoms with Crippen molar-refractivity contribution in [3.8, 4) is 0 Å².